The summed E-state index contributed by atoms with van der Waals surface area (Å²) >= 11 is 0. The first kappa shape index (κ1) is 23.9. The molecule has 0 aromatic rings. The van der Waals surface area contributed by atoms with Crippen LogP contribution in [0.4, 0.5) is 0 Å². The molecule has 0 aromatic carbocycles. The average Bonchev–Trinajstić information content (AvgIpc) is 2.48. The summed E-state index contributed by atoms with van der Waals surface area (Å²) in [6.45, 7) is 15.4. The van der Waals surface area contributed by atoms with Crippen LogP contribution in [0.2, 0.25) is 0 Å². The molecule has 0 rings (SSSR count). The van der Waals surface area contributed by atoms with Crippen molar-refractivity contribution < 1.29 is 9.47 Å². The Morgan fingerprint density at radius 2 is 1.17 bits per heavy atom. The van der Waals surface area contributed by atoms with Crippen LogP contribution in [-0.2, 0) is 9.47 Å². The monoisotopic (exact) mass is 342 g/mol. The molecule has 0 fully saturated rings. The van der Waals surface area contributed by atoms with Crippen LogP contribution in [0.3, 0.4) is 0 Å². The van der Waals surface area contributed by atoms with Gasteiger partial charge in [-0.1, -0.05) is 72.1 Å². The predicted octanol–water partition coefficient (Wildman–Crippen LogP) is 7.50. The standard InChI is InChI=1S/C22H46O2/c1-8-11-12-13-14-15-17-21(16-9-2)22(18-10-3,23-19(4)5)24-20(6)7/h19-21H,8-18H2,1-7H3. The molecular formula is C22H46O2. The highest BCUT2D eigenvalue weighted by atomic mass is 16.7. The molecule has 0 aliphatic rings. The molecule has 0 heterocycles. The van der Waals surface area contributed by atoms with Gasteiger partial charge in [0.15, 0.2) is 5.79 Å². The highest BCUT2D eigenvalue weighted by molar-refractivity contribution is 4.82. The van der Waals surface area contributed by atoms with Crippen molar-refractivity contribution in [2.75, 3.05) is 0 Å². The average molecular weight is 343 g/mol. The minimum atomic E-state index is -0.392. The predicted molar refractivity (Wildman–Crippen MR) is 106 cm³/mol. The van der Waals surface area contributed by atoms with Gasteiger partial charge in [-0.15, -0.1) is 0 Å². The van der Waals surface area contributed by atoms with E-state index in [0.29, 0.717) is 5.92 Å². The minimum Gasteiger partial charge on any atom is -0.347 e. The van der Waals surface area contributed by atoms with Gasteiger partial charge in [0.05, 0.1) is 12.2 Å². The van der Waals surface area contributed by atoms with Crippen LogP contribution in [0.1, 0.15) is 119 Å². The van der Waals surface area contributed by atoms with Gasteiger partial charge in [0, 0.05) is 12.3 Å². The summed E-state index contributed by atoms with van der Waals surface area (Å²) in [4.78, 5) is 0. The summed E-state index contributed by atoms with van der Waals surface area (Å²) in [7, 11) is 0. The third kappa shape index (κ3) is 10.0. The summed E-state index contributed by atoms with van der Waals surface area (Å²) in [5, 5.41) is 0. The van der Waals surface area contributed by atoms with E-state index in [1.165, 1.54) is 57.8 Å². The Hall–Kier alpha value is -0.0800. The maximum absolute atomic E-state index is 6.48. The van der Waals surface area contributed by atoms with E-state index in [1.807, 2.05) is 0 Å². The van der Waals surface area contributed by atoms with Crippen molar-refractivity contribution in [1.29, 1.82) is 0 Å². The first-order valence-electron chi connectivity index (χ1n) is 10.8. The Morgan fingerprint density at radius 1 is 0.625 bits per heavy atom. The molecule has 0 bridgehead atoms. The van der Waals surface area contributed by atoms with Gasteiger partial charge in [-0.2, -0.15) is 0 Å². The van der Waals surface area contributed by atoms with Crippen LogP contribution >= 0.6 is 0 Å². The van der Waals surface area contributed by atoms with Crippen molar-refractivity contribution in [3.8, 4) is 0 Å². The van der Waals surface area contributed by atoms with Crippen LogP contribution in [0.15, 0.2) is 0 Å². The third-order valence-electron chi connectivity index (χ3n) is 4.63. The third-order valence-corrected chi connectivity index (χ3v) is 4.63. The topological polar surface area (TPSA) is 18.5 Å². The molecule has 1 unspecified atom stereocenters. The molecule has 0 aliphatic carbocycles. The number of ether oxygens (including phenoxy) is 2. The second kappa shape index (κ2) is 14.1. The molecular weight excluding hydrogens is 296 g/mol. The van der Waals surface area contributed by atoms with Gasteiger partial charge < -0.3 is 9.47 Å². The van der Waals surface area contributed by atoms with E-state index in [9.17, 15) is 0 Å². The second-order valence-corrected chi connectivity index (χ2v) is 7.94. The van der Waals surface area contributed by atoms with Gasteiger partial charge in [-0.3, -0.25) is 0 Å². The molecule has 0 amide bonds. The van der Waals surface area contributed by atoms with Gasteiger partial charge >= 0.3 is 0 Å². The zero-order valence-corrected chi connectivity index (χ0v) is 17.8. The molecule has 0 radical (unpaired) electrons. The highest BCUT2D eigenvalue weighted by Crippen LogP contribution is 2.38. The Kier molecular flexibility index (Phi) is 14.1. The molecule has 0 saturated carbocycles. The van der Waals surface area contributed by atoms with E-state index in [0.717, 1.165) is 12.8 Å². The summed E-state index contributed by atoms with van der Waals surface area (Å²) < 4.78 is 13.0. The van der Waals surface area contributed by atoms with Gasteiger partial charge in [0.1, 0.15) is 0 Å². The largest absolute Gasteiger partial charge is 0.347 e. The Bertz CT molecular complexity index is 263. The van der Waals surface area contributed by atoms with E-state index in [-0.39, 0.29) is 12.2 Å². The van der Waals surface area contributed by atoms with Gasteiger partial charge in [0.25, 0.3) is 0 Å². The molecule has 146 valence electrons. The molecule has 0 N–H and O–H groups in total. The van der Waals surface area contributed by atoms with Gasteiger partial charge in [0.2, 0.25) is 0 Å². The van der Waals surface area contributed by atoms with Crippen molar-refractivity contribution in [2.45, 2.75) is 137 Å². The molecule has 2 heteroatoms. The van der Waals surface area contributed by atoms with E-state index < -0.39 is 5.79 Å². The lowest BCUT2D eigenvalue weighted by atomic mass is 9.85. The van der Waals surface area contributed by atoms with Crippen LogP contribution in [-0.4, -0.2) is 18.0 Å². The summed E-state index contributed by atoms with van der Waals surface area (Å²) in [6.07, 6.45) is 14.3. The Morgan fingerprint density at radius 3 is 1.62 bits per heavy atom. The first-order valence-corrected chi connectivity index (χ1v) is 10.8. The van der Waals surface area contributed by atoms with Gasteiger partial charge in [-0.05, 0) is 40.5 Å². The maximum atomic E-state index is 6.48. The first-order chi connectivity index (χ1) is 11.4. The molecule has 0 aromatic heterocycles. The molecule has 0 aliphatic heterocycles. The summed E-state index contributed by atoms with van der Waals surface area (Å²) in [5.41, 5.74) is 0. The van der Waals surface area contributed by atoms with E-state index in [2.05, 4.69) is 48.5 Å². The van der Waals surface area contributed by atoms with E-state index in [1.54, 1.807) is 0 Å². The number of unbranched alkanes of at least 4 members (excludes halogenated alkanes) is 5. The summed E-state index contributed by atoms with van der Waals surface area (Å²) in [6, 6.07) is 0. The van der Waals surface area contributed by atoms with Crippen LogP contribution < -0.4 is 0 Å². The van der Waals surface area contributed by atoms with Crippen molar-refractivity contribution in [3.63, 3.8) is 0 Å². The zero-order chi connectivity index (χ0) is 18.4. The lowest BCUT2D eigenvalue weighted by molar-refractivity contribution is -0.301. The SMILES string of the molecule is CCCCCCCCC(CCC)C(CCC)(OC(C)C)OC(C)C. The second-order valence-electron chi connectivity index (χ2n) is 7.94. The lowest BCUT2D eigenvalue weighted by Crippen LogP contribution is -2.47. The van der Waals surface area contributed by atoms with E-state index >= 15 is 0 Å². The van der Waals surface area contributed by atoms with Crippen LogP contribution in [0.25, 0.3) is 0 Å². The van der Waals surface area contributed by atoms with E-state index in [4.69, 9.17) is 9.47 Å². The van der Waals surface area contributed by atoms with Crippen molar-refractivity contribution in [2.24, 2.45) is 5.92 Å². The number of rotatable bonds is 16. The quantitative estimate of drug-likeness (QED) is 0.213. The fraction of sp³-hybridized carbons (Fsp3) is 1.00. The van der Waals surface area contributed by atoms with Gasteiger partial charge in [-0.25, -0.2) is 0 Å². The van der Waals surface area contributed by atoms with Crippen molar-refractivity contribution >= 4 is 0 Å². The highest BCUT2D eigenvalue weighted by Gasteiger charge is 2.41. The van der Waals surface area contributed by atoms with Crippen molar-refractivity contribution in [3.05, 3.63) is 0 Å². The molecule has 0 saturated heterocycles. The minimum absolute atomic E-state index is 0.208. The van der Waals surface area contributed by atoms with Crippen LogP contribution in [0, 0.1) is 5.92 Å². The number of hydrogen-bond donors (Lipinski definition) is 0. The number of hydrogen-bond acceptors (Lipinski definition) is 2. The maximum Gasteiger partial charge on any atom is 0.171 e. The molecule has 24 heavy (non-hydrogen) atoms. The zero-order valence-electron chi connectivity index (χ0n) is 17.8. The van der Waals surface area contributed by atoms with Crippen LogP contribution in [0.5, 0.6) is 0 Å². The molecule has 0 spiro atoms. The Balaban J connectivity index is 4.92. The van der Waals surface area contributed by atoms with Crippen molar-refractivity contribution in [1.82, 2.24) is 0 Å². The smallest absolute Gasteiger partial charge is 0.171 e. The molecule has 2 nitrogen and oxygen atoms in total. The fourth-order valence-electron chi connectivity index (χ4n) is 3.79. The Labute approximate surface area is 153 Å². The normalized spacial score (nSPS) is 13.9. The molecule has 1 atom stereocenters. The fourth-order valence-corrected chi connectivity index (χ4v) is 3.79. The summed E-state index contributed by atoms with van der Waals surface area (Å²) in [5.74, 6) is 0.120. The lowest BCUT2D eigenvalue weighted by Gasteiger charge is -2.43.